The van der Waals surface area contributed by atoms with E-state index in [1.165, 1.54) is 24.3 Å². The van der Waals surface area contributed by atoms with Crippen molar-refractivity contribution in [3.8, 4) is 0 Å². The fraction of sp³-hybridized carbons (Fsp3) is 0.167. The van der Waals surface area contributed by atoms with Gasteiger partial charge >= 0.3 is 0 Å². The number of rotatable bonds is 9. The molecule has 10 heteroatoms. The average Bonchev–Trinajstić information content (AvgIpc) is 3.26. The third-order valence-corrected chi connectivity index (χ3v) is 5.59. The van der Waals surface area contributed by atoms with Crippen LogP contribution in [0, 0.1) is 20.2 Å². The van der Waals surface area contributed by atoms with Crippen molar-refractivity contribution in [3.63, 3.8) is 0 Å². The van der Waals surface area contributed by atoms with Crippen LogP contribution < -0.4 is 5.32 Å². The summed E-state index contributed by atoms with van der Waals surface area (Å²) in [5.41, 5.74) is 2.57. The van der Waals surface area contributed by atoms with E-state index in [1.807, 2.05) is 18.2 Å². The van der Waals surface area contributed by atoms with Crippen LogP contribution in [0.5, 0.6) is 0 Å². The van der Waals surface area contributed by atoms with Gasteiger partial charge in [-0.1, -0.05) is 18.2 Å². The predicted octanol–water partition coefficient (Wildman–Crippen LogP) is 4.26. The van der Waals surface area contributed by atoms with Crippen LogP contribution in [0.4, 0.5) is 11.4 Å². The van der Waals surface area contributed by atoms with E-state index in [0.717, 1.165) is 5.69 Å². The molecule has 1 amide bonds. The summed E-state index contributed by atoms with van der Waals surface area (Å²) in [5, 5.41) is 26.1. The molecule has 2 heterocycles. The van der Waals surface area contributed by atoms with Gasteiger partial charge in [-0.25, -0.2) is 0 Å². The predicted molar refractivity (Wildman–Crippen MR) is 125 cm³/mol. The molecule has 0 bridgehead atoms. The number of nitrogens with one attached hydrogen (secondary N) is 2. The van der Waals surface area contributed by atoms with Gasteiger partial charge in [0.25, 0.3) is 11.4 Å². The zero-order chi connectivity index (χ0) is 24.1. The molecule has 2 N–H and O–H groups in total. The molecular weight excluding hydrogens is 438 g/mol. The molecule has 2 aromatic heterocycles. The number of hydrogen-bond donors (Lipinski definition) is 2. The van der Waals surface area contributed by atoms with E-state index in [0.29, 0.717) is 35.0 Å². The second kappa shape index (κ2) is 9.90. The summed E-state index contributed by atoms with van der Waals surface area (Å²) in [7, 11) is 0. The van der Waals surface area contributed by atoms with Gasteiger partial charge in [0.1, 0.15) is 0 Å². The molecule has 0 aliphatic carbocycles. The topological polar surface area (TPSA) is 144 Å². The van der Waals surface area contributed by atoms with Gasteiger partial charge in [0.15, 0.2) is 0 Å². The van der Waals surface area contributed by atoms with Crippen LogP contribution >= 0.6 is 0 Å². The molecule has 0 aliphatic rings. The Kier molecular flexibility index (Phi) is 6.58. The van der Waals surface area contributed by atoms with Crippen LogP contribution in [-0.4, -0.2) is 32.3 Å². The number of aromatic nitrogens is 2. The summed E-state index contributed by atoms with van der Waals surface area (Å²) >= 11 is 0. The maximum absolute atomic E-state index is 12.9. The third-order valence-electron chi connectivity index (χ3n) is 5.59. The first kappa shape index (κ1) is 22.6. The van der Waals surface area contributed by atoms with Crippen LogP contribution in [0.1, 0.15) is 29.2 Å². The number of non-ortho nitro benzene ring substituents is 2. The van der Waals surface area contributed by atoms with Gasteiger partial charge < -0.3 is 10.3 Å². The lowest BCUT2D eigenvalue weighted by atomic mass is 9.87. The molecule has 0 unspecified atom stereocenters. The number of amides is 1. The first-order valence-corrected chi connectivity index (χ1v) is 10.6. The van der Waals surface area contributed by atoms with Gasteiger partial charge in [0, 0.05) is 78.6 Å². The molecule has 10 nitrogen and oxygen atoms in total. The second-order valence-corrected chi connectivity index (χ2v) is 7.76. The van der Waals surface area contributed by atoms with E-state index in [1.54, 1.807) is 30.6 Å². The lowest BCUT2D eigenvalue weighted by Gasteiger charge is -2.17. The zero-order valence-electron chi connectivity index (χ0n) is 18.0. The van der Waals surface area contributed by atoms with Crippen LogP contribution in [-0.2, 0) is 11.2 Å². The molecule has 4 rings (SSSR count). The number of nitro groups is 2. The van der Waals surface area contributed by atoms with Crippen molar-refractivity contribution in [1.29, 1.82) is 0 Å². The molecule has 0 saturated carbocycles. The number of carbonyl (C=O) groups excluding carboxylic acids is 1. The number of hydrogen-bond acceptors (Lipinski definition) is 6. The van der Waals surface area contributed by atoms with Gasteiger partial charge in [-0.15, -0.1) is 0 Å². The van der Waals surface area contributed by atoms with Gasteiger partial charge in [0.2, 0.25) is 5.91 Å². The number of fused-ring (bicyclic) bond motifs is 1. The minimum Gasteiger partial charge on any atom is -0.361 e. The van der Waals surface area contributed by atoms with Crippen molar-refractivity contribution in [2.45, 2.75) is 18.8 Å². The molecule has 0 radical (unpaired) electrons. The first-order chi connectivity index (χ1) is 16.4. The quantitative estimate of drug-likeness (QED) is 0.283. The van der Waals surface area contributed by atoms with Gasteiger partial charge in [-0.2, -0.15) is 0 Å². The van der Waals surface area contributed by atoms with E-state index < -0.39 is 15.8 Å². The Morgan fingerprint density at radius 1 is 1.00 bits per heavy atom. The summed E-state index contributed by atoms with van der Waals surface area (Å²) in [5.74, 6) is -0.794. The Hall–Kier alpha value is -4.60. The Balaban J connectivity index is 1.64. The fourth-order valence-corrected chi connectivity index (χ4v) is 3.93. The first-order valence-electron chi connectivity index (χ1n) is 10.6. The summed E-state index contributed by atoms with van der Waals surface area (Å²) in [4.78, 5) is 41.8. The normalized spacial score (nSPS) is 11.8. The van der Waals surface area contributed by atoms with E-state index in [-0.39, 0.29) is 23.7 Å². The molecule has 0 fully saturated rings. The van der Waals surface area contributed by atoms with Crippen molar-refractivity contribution < 1.29 is 14.6 Å². The van der Waals surface area contributed by atoms with Gasteiger partial charge in [0.05, 0.1) is 9.85 Å². The van der Waals surface area contributed by atoms with Crippen molar-refractivity contribution in [2.75, 3.05) is 6.54 Å². The monoisotopic (exact) mass is 459 g/mol. The van der Waals surface area contributed by atoms with E-state index in [9.17, 15) is 25.0 Å². The number of benzene rings is 2. The highest BCUT2D eigenvalue weighted by Gasteiger charge is 2.24. The van der Waals surface area contributed by atoms with E-state index in [2.05, 4.69) is 15.3 Å². The summed E-state index contributed by atoms with van der Waals surface area (Å²) in [6.45, 7) is 0.386. The minimum absolute atomic E-state index is 0.0129. The van der Waals surface area contributed by atoms with Crippen molar-refractivity contribution in [2.24, 2.45) is 0 Å². The number of H-pyrrole nitrogens is 1. The Morgan fingerprint density at radius 3 is 2.53 bits per heavy atom. The maximum Gasteiger partial charge on any atom is 0.270 e. The number of carbonyl (C=O) groups is 1. The van der Waals surface area contributed by atoms with Crippen molar-refractivity contribution in [3.05, 3.63) is 110 Å². The molecule has 1 atom stereocenters. The number of pyridine rings is 1. The van der Waals surface area contributed by atoms with E-state index in [4.69, 9.17) is 0 Å². The van der Waals surface area contributed by atoms with Crippen molar-refractivity contribution >= 4 is 28.2 Å². The van der Waals surface area contributed by atoms with Crippen LogP contribution in [0.2, 0.25) is 0 Å². The van der Waals surface area contributed by atoms with Crippen LogP contribution in [0.3, 0.4) is 0 Å². The number of nitro benzene ring substituents is 2. The molecule has 34 heavy (non-hydrogen) atoms. The molecule has 4 aromatic rings. The number of aromatic amines is 1. The fourth-order valence-electron chi connectivity index (χ4n) is 3.93. The zero-order valence-corrected chi connectivity index (χ0v) is 18.0. The summed E-state index contributed by atoms with van der Waals surface area (Å²) in [6.07, 6.45) is 3.96. The SMILES string of the molecule is O=C(C[C@H](c1cccc([N+](=O)[O-])c1)c1c[nH]c2ccc([N+](=O)[O-])cc12)NCCc1ccccn1. The largest absolute Gasteiger partial charge is 0.361 e. The second-order valence-electron chi connectivity index (χ2n) is 7.76. The number of nitrogens with zero attached hydrogens (tertiary/aromatic N) is 3. The van der Waals surface area contributed by atoms with Crippen LogP contribution in [0.25, 0.3) is 10.9 Å². The Bertz CT molecular complexity index is 1350. The molecular formula is C24H21N5O5. The standard InChI is InChI=1S/C24H21N5O5/c30-24(26-11-9-17-5-1-2-10-25-17)14-20(16-4-3-6-18(12-16)28(31)32)22-15-27-23-8-7-19(29(33)34)13-21(22)23/h1-8,10,12-13,15,20,27H,9,11,14H2,(H,26,30)/t20-/m1/s1. The lowest BCUT2D eigenvalue weighted by molar-refractivity contribution is -0.385. The maximum atomic E-state index is 12.9. The minimum atomic E-state index is -0.550. The third kappa shape index (κ3) is 5.07. The summed E-state index contributed by atoms with van der Waals surface area (Å²) in [6, 6.07) is 16.1. The highest BCUT2D eigenvalue weighted by atomic mass is 16.6. The lowest BCUT2D eigenvalue weighted by Crippen LogP contribution is -2.27. The molecule has 2 aromatic carbocycles. The highest BCUT2D eigenvalue weighted by Crippen LogP contribution is 2.36. The molecule has 0 aliphatic heterocycles. The van der Waals surface area contributed by atoms with Crippen molar-refractivity contribution in [1.82, 2.24) is 15.3 Å². The summed E-state index contributed by atoms with van der Waals surface area (Å²) < 4.78 is 0. The smallest absolute Gasteiger partial charge is 0.270 e. The molecule has 172 valence electrons. The van der Waals surface area contributed by atoms with E-state index >= 15 is 0 Å². The van der Waals surface area contributed by atoms with Gasteiger partial charge in [-0.3, -0.25) is 30.0 Å². The Labute approximate surface area is 193 Å². The Morgan fingerprint density at radius 2 is 1.79 bits per heavy atom. The molecule has 0 saturated heterocycles. The van der Waals surface area contributed by atoms with Crippen LogP contribution in [0.15, 0.2) is 73.1 Å². The van der Waals surface area contributed by atoms with Gasteiger partial charge in [-0.05, 0) is 29.3 Å². The molecule has 0 spiro atoms. The average molecular weight is 459 g/mol. The highest BCUT2D eigenvalue weighted by molar-refractivity contribution is 5.87.